The van der Waals surface area contributed by atoms with Crippen molar-refractivity contribution in [2.75, 3.05) is 32.7 Å². The number of furan rings is 1. The van der Waals surface area contributed by atoms with Crippen LogP contribution in [0.15, 0.2) is 46.3 Å². The van der Waals surface area contributed by atoms with Gasteiger partial charge in [-0.05, 0) is 75.5 Å². The van der Waals surface area contributed by atoms with E-state index in [9.17, 15) is 0 Å². The molecule has 1 fully saturated rings. The number of aliphatic imine (C=N–C) groups is 1. The fraction of sp³-hybridized carbons (Fsp3) is 0.545. The van der Waals surface area contributed by atoms with Crippen molar-refractivity contribution in [3.05, 3.63) is 53.7 Å². The lowest BCUT2D eigenvalue weighted by Gasteiger charge is -2.32. The zero-order valence-electron chi connectivity index (χ0n) is 17.2. The summed E-state index contributed by atoms with van der Waals surface area (Å²) < 4.78 is 5.74. The summed E-state index contributed by atoms with van der Waals surface area (Å²) >= 11 is 0. The highest BCUT2D eigenvalue weighted by atomic mass is 16.3. The van der Waals surface area contributed by atoms with Crippen LogP contribution in [0.1, 0.15) is 49.1 Å². The molecular weight excluding hydrogens is 350 g/mol. The third kappa shape index (κ3) is 5.83. The van der Waals surface area contributed by atoms with Crippen LogP contribution in [0.2, 0.25) is 0 Å². The van der Waals surface area contributed by atoms with Crippen LogP contribution >= 0.6 is 0 Å². The van der Waals surface area contributed by atoms with Crippen LogP contribution in [0.5, 0.6) is 0 Å². The lowest BCUT2D eigenvalue weighted by Crippen LogP contribution is -2.40. The maximum absolute atomic E-state index is 5.74. The third-order valence-electron chi connectivity index (χ3n) is 5.29. The highest BCUT2D eigenvalue weighted by molar-refractivity contribution is 5.79. The first kappa shape index (κ1) is 20.4. The SMILES string of the molecule is CCNC(=NCC(c1ccco1)N1CCCCC1)NCCc1ccncc1C. The number of likely N-dealkylation sites (tertiary alicyclic amines) is 1. The molecule has 2 aromatic heterocycles. The molecule has 2 N–H and O–H groups in total. The van der Waals surface area contributed by atoms with E-state index < -0.39 is 0 Å². The number of hydrogen-bond acceptors (Lipinski definition) is 4. The highest BCUT2D eigenvalue weighted by Gasteiger charge is 2.24. The maximum Gasteiger partial charge on any atom is 0.191 e. The molecule has 0 bridgehead atoms. The van der Waals surface area contributed by atoms with E-state index in [0.29, 0.717) is 6.54 Å². The van der Waals surface area contributed by atoms with Crippen molar-refractivity contribution in [1.29, 1.82) is 0 Å². The van der Waals surface area contributed by atoms with Crippen molar-refractivity contribution < 1.29 is 4.42 Å². The lowest BCUT2D eigenvalue weighted by molar-refractivity contribution is 0.150. The summed E-state index contributed by atoms with van der Waals surface area (Å²) in [4.78, 5) is 11.6. The third-order valence-corrected chi connectivity index (χ3v) is 5.29. The summed E-state index contributed by atoms with van der Waals surface area (Å²) in [5, 5.41) is 6.83. The van der Waals surface area contributed by atoms with Gasteiger partial charge in [0.05, 0.1) is 18.8 Å². The average molecular weight is 384 g/mol. The molecular formula is C22H33N5O. The largest absolute Gasteiger partial charge is 0.468 e. The van der Waals surface area contributed by atoms with E-state index in [1.165, 1.54) is 30.4 Å². The average Bonchev–Trinajstić information content (AvgIpc) is 3.25. The van der Waals surface area contributed by atoms with E-state index in [1.807, 2.05) is 18.5 Å². The van der Waals surface area contributed by atoms with Gasteiger partial charge in [0, 0.05) is 25.5 Å². The number of guanidine groups is 1. The zero-order valence-corrected chi connectivity index (χ0v) is 17.2. The Morgan fingerprint density at radius 3 is 2.82 bits per heavy atom. The molecule has 28 heavy (non-hydrogen) atoms. The van der Waals surface area contributed by atoms with E-state index >= 15 is 0 Å². The van der Waals surface area contributed by atoms with Gasteiger partial charge in [0.2, 0.25) is 0 Å². The van der Waals surface area contributed by atoms with Crippen LogP contribution in [0.4, 0.5) is 0 Å². The fourth-order valence-corrected chi connectivity index (χ4v) is 3.71. The molecule has 2 aromatic rings. The molecule has 3 rings (SSSR count). The van der Waals surface area contributed by atoms with Crippen molar-refractivity contribution in [1.82, 2.24) is 20.5 Å². The molecule has 1 aliphatic heterocycles. The predicted molar refractivity (Wildman–Crippen MR) is 114 cm³/mol. The van der Waals surface area contributed by atoms with Crippen molar-refractivity contribution in [2.24, 2.45) is 4.99 Å². The molecule has 0 amide bonds. The van der Waals surface area contributed by atoms with Gasteiger partial charge in [-0.2, -0.15) is 0 Å². The standard InChI is InChI=1S/C22H33N5O/c1-3-24-22(25-12-10-19-9-11-23-16-18(19)2)26-17-20(21-8-7-15-28-21)27-13-5-4-6-14-27/h7-9,11,15-16,20H,3-6,10,12-14,17H2,1-2H3,(H2,24,25,26). The highest BCUT2D eigenvalue weighted by Crippen LogP contribution is 2.25. The summed E-state index contributed by atoms with van der Waals surface area (Å²) in [5.74, 6) is 1.87. The lowest BCUT2D eigenvalue weighted by atomic mass is 10.1. The Morgan fingerprint density at radius 1 is 1.25 bits per heavy atom. The predicted octanol–water partition coefficient (Wildman–Crippen LogP) is 3.31. The van der Waals surface area contributed by atoms with Gasteiger partial charge in [-0.15, -0.1) is 0 Å². The molecule has 0 spiro atoms. The van der Waals surface area contributed by atoms with Gasteiger partial charge in [0.1, 0.15) is 5.76 Å². The second-order valence-corrected chi connectivity index (χ2v) is 7.33. The second kappa shape index (κ2) is 10.9. The molecule has 6 heteroatoms. The molecule has 0 aliphatic carbocycles. The van der Waals surface area contributed by atoms with Gasteiger partial charge in [0.25, 0.3) is 0 Å². The molecule has 152 valence electrons. The molecule has 1 saturated heterocycles. The summed E-state index contributed by atoms with van der Waals surface area (Å²) in [5.41, 5.74) is 2.55. The Kier molecular flexibility index (Phi) is 7.91. The van der Waals surface area contributed by atoms with Crippen LogP contribution in [0.25, 0.3) is 0 Å². The Balaban J connectivity index is 1.61. The first-order valence-corrected chi connectivity index (χ1v) is 10.5. The number of nitrogens with one attached hydrogen (secondary N) is 2. The number of piperidine rings is 1. The fourth-order valence-electron chi connectivity index (χ4n) is 3.71. The summed E-state index contributed by atoms with van der Waals surface area (Å²) in [6.07, 6.45) is 10.3. The van der Waals surface area contributed by atoms with Crippen molar-refractivity contribution in [3.8, 4) is 0 Å². The first-order valence-electron chi connectivity index (χ1n) is 10.5. The van der Waals surface area contributed by atoms with Gasteiger partial charge in [-0.25, -0.2) is 0 Å². The Morgan fingerprint density at radius 2 is 2.11 bits per heavy atom. The van der Waals surface area contributed by atoms with E-state index in [2.05, 4.69) is 46.5 Å². The first-order chi connectivity index (χ1) is 13.8. The molecule has 0 saturated carbocycles. The summed E-state index contributed by atoms with van der Waals surface area (Å²) in [6, 6.07) is 6.33. The van der Waals surface area contributed by atoms with E-state index in [0.717, 1.165) is 44.3 Å². The number of pyridine rings is 1. The van der Waals surface area contributed by atoms with Crippen LogP contribution in [0.3, 0.4) is 0 Å². The molecule has 0 aromatic carbocycles. The topological polar surface area (TPSA) is 65.7 Å². The van der Waals surface area contributed by atoms with Crippen molar-refractivity contribution in [3.63, 3.8) is 0 Å². The number of rotatable bonds is 8. The molecule has 6 nitrogen and oxygen atoms in total. The number of aromatic nitrogens is 1. The number of hydrogen-bond donors (Lipinski definition) is 2. The number of aryl methyl sites for hydroxylation is 1. The Hall–Kier alpha value is -2.34. The van der Waals surface area contributed by atoms with Crippen LogP contribution in [-0.2, 0) is 6.42 Å². The van der Waals surface area contributed by atoms with Gasteiger partial charge < -0.3 is 15.1 Å². The van der Waals surface area contributed by atoms with Gasteiger partial charge in [-0.1, -0.05) is 6.42 Å². The van der Waals surface area contributed by atoms with Crippen molar-refractivity contribution >= 4 is 5.96 Å². The quantitative estimate of drug-likeness (QED) is 0.541. The zero-order chi connectivity index (χ0) is 19.6. The molecule has 0 radical (unpaired) electrons. The van der Waals surface area contributed by atoms with Crippen LogP contribution in [-0.4, -0.2) is 48.6 Å². The smallest absolute Gasteiger partial charge is 0.191 e. The summed E-state index contributed by atoms with van der Waals surface area (Å²) in [7, 11) is 0. The van der Waals surface area contributed by atoms with E-state index in [4.69, 9.17) is 9.41 Å². The summed E-state index contributed by atoms with van der Waals surface area (Å²) in [6.45, 7) is 8.81. The van der Waals surface area contributed by atoms with E-state index in [1.54, 1.807) is 6.26 Å². The molecule has 3 heterocycles. The monoisotopic (exact) mass is 383 g/mol. The molecule has 1 atom stereocenters. The maximum atomic E-state index is 5.74. The van der Waals surface area contributed by atoms with Gasteiger partial charge in [0.15, 0.2) is 5.96 Å². The number of nitrogens with zero attached hydrogens (tertiary/aromatic N) is 3. The minimum atomic E-state index is 0.202. The second-order valence-electron chi connectivity index (χ2n) is 7.33. The van der Waals surface area contributed by atoms with E-state index in [-0.39, 0.29) is 6.04 Å². The molecule has 1 unspecified atom stereocenters. The minimum absolute atomic E-state index is 0.202. The van der Waals surface area contributed by atoms with Crippen LogP contribution in [0, 0.1) is 6.92 Å². The minimum Gasteiger partial charge on any atom is -0.468 e. The van der Waals surface area contributed by atoms with Crippen LogP contribution < -0.4 is 10.6 Å². The van der Waals surface area contributed by atoms with Gasteiger partial charge >= 0.3 is 0 Å². The Labute approximate surface area is 168 Å². The normalized spacial score (nSPS) is 16.7. The molecule has 1 aliphatic rings. The van der Waals surface area contributed by atoms with Crippen molar-refractivity contribution in [2.45, 2.75) is 45.6 Å². The Bertz CT molecular complexity index is 722. The van der Waals surface area contributed by atoms with Gasteiger partial charge in [-0.3, -0.25) is 14.9 Å².